The number of benzene rings is 1. The summed E-state index contributed by atoms with van der Waals surface area (Å²) in [5.41, 5.74) is 1.22. The molecule has 0 spiro atoms. The standard InChI is InChI=1S/C11H15ClO/c1-4-8-5-9(11(2,3)13)7-10(12)6-8/h5-7,13H,4H2,1-3H3. The summed E-state index contributed by atoms with van der Waals surface area (Å²) in [4.78, 5) is 0. The van der Waals surface area contributed by atoms with Gasteiger partial charge in [-0.2, -0.15) is 0 Å². The van der Waals surface area contributed by atoms with Crippen molar-refractivity contribution < 1.29 is 5.11 Å². The first-order valence-corrected chi connectivity index (χ1v) is 4.83. The molecule has 0 amide bonds. The van der Waals surface area contributed by atoms with Gasteiger partial charge in [-0.3, -0.25) is 0 Å². The lowest BCUT2D eigenvalue weighted by Crippen LogP contribution is -2.15. The van der Waals surface area contributed by atoms with Gasteiger partial charge in [0.25, 0.3) is 0 Å². The molecule has 1 N–H and O–H groups in total. The Kier molecular flexibility index (Phi) is 2.99. The van der Waals surface area contributed by atoms with Crippen molar-refractivity contribution in [3.63, 3.8) is 0 Å². The van der Waals surface area contributed by atoms with Crippen molar-refractivity contribution >= 4 is 11.6 Å². The molecule has 0 heterocycles. The topological polar surface area (TPSA) is 20.2 Å². The molecule has 0 atom stereocenters. The molecule has 0 aliphatic rings. The minimum absolute atomic E-state index is 0.691. The first-order valence-electron chi connectivity index (χ1n) is 4.46. The Bertz CT molecular complexity index is 299. The highest BCUT2D eigenvalue weighted by Gasteiger charge is 2.16. The third-order valence-electron chi connectivity index (χ3n) is 2.07. The average Bonchev–Trinajstić information content (AvgIpc) is 2.01. The maximum Gasteiger partial charge on any atom is 0.0841 e. The lowest BCUT2D eigenvalue weighted by atomic mass is 9.96. The maximum absolute atomic E-state index is 9.77. The van der Waals surface area contributed by atoms with E-state index in [1.54, 1.807) is 19.9 Å². The van der Waals surface area contributed by atoms with Crippen molar-refractivity contribution in [1.82, 2.24) is 0 Å². The van der Waals surface area contributed by atoms with E-state index in [9.17, 15) is 5.11 Å². The van der Waals surface area contributed by atoms with Crippen LogP contribution in [-0.4, -0.2) is 5.11 Å². The fourth-order valence-electron chi connectivity index (χ4n) is 1.21. The number of rotatable bonds is 2. The zero-order chi connectivity index (χ0) is 10.1. The van der Waals surface area contributed by atoms with E-state index in [0.717, 1.165) is 17.5 Å². The fraction of sp³-hybridized carbons (Fsp3) is 0.455. The Morgan fingerprint density at radius 2 is 1.92 bits per heavy atom. The van der Waals surface area contributed by atoms with Crippen LogP contribution in [0.15, 0.2) is 18.2 Å². The normalized spacial score (nSPS) is 11.8. The van der Waals surface area contributed by atoms with Gasteiger partial charge in [0.2, 0.25) is 0 Å². The van der Waals surface area contributed by atoms with Crippen molar-refractivity contribution in [2.45, 2.75) is 32.8 Å². The second-order valence-electron chi connectivity index (χ2n) is 3.76. The second-order valence-corrected chi connectivity index (χ2v) is 4.20. The molecule has 0 radical (unpaired) electrons. The molecular formula is C11H15ClO. The summed E-state index contributed by atoms with van der Waals surface area (Å²) in [6.07, 6.45) is 0.934. The minimum atomic E-state index is -0.811. The van der Waals surface area contributed by atoms with E-state index in [1.165, 1.54) is 0 Å². The molecule has 0 bridgehead atoms. The van der Waals surface area contributed by atoms with E-state index in [0.29, 0.717) is 5.02 Å². The zero-order valence-corrected chi connectivity index (χ0v) is 9.02. The summed E-state index contributed by atoms with van der Waals surface area (Å²) in [6.45, 7) is 5.59. The van der Waals surface area contributed by atoms with Crippen molar-refractivity contribution in [3.05, 3.63) is 34.3 Å². The van der Waals surface area contributed by atoms with Crippen LogP contribution in [0.2, 0.25) is 5.02 Å². The van der Waals surface area contributed by atoms with Crippen molar-refractivity contribution in [2.24, 2.45) is 0 Å². The molecule has 1 rings (SSSR count). The van der Waals surface area contributed by atoms with Gasteiger partial charge in [0.1, 0.15) is 0 Å². The predicted molar refractivity (Wildman–Crippen MR) is 56.1 cm³/mol. The van der Waals surface area contributed by atoms with Gasteiger partial charge in [0.15, 0.2) is 0 Å². The van der Waals surface area contributed by atoms with Crippen LogP contribution < -0.4 is 0 Å². The Balaban J connectivity index is 3.16. The van der Waals surface area contributed by atoms with E-state index in [2.05, 4.69) is 6.92 Å². The van der Waals surface area contributed by atoms with Crippen LogP contribution in [0.5, 0.6) is 0 Å². The molecule has 0 saturated heterocycles. The van der Waals surface area contributed by atoms with Crippen LogP contribution in [0.25, 0.3) is 0 Å². The lowest BCUT2D eigenvalue weighted by molar-refractivity contribution is 0.0785. The van der Waals surface area contributed by atoms with Crippen LogP contribution in [-0.2, 0) is 12.0 Å². The predicted octanol–water partition coefficient (Wildman–Crippen LogP) is 3.13. The Morgan fingerprint density at radius 1 is 1.31 bits per heavy atom. The molecule has 1 aromatic rings. The van der Waals surface area contributed by atoms with Crippen LogP contribution in [0.4, 0.5) is 0 Å². The minimum Gasteiger partial charge on any atom is -0.386 e. The molecule has 1 aromatic carbocycles. The summed E-state index contributed by atoms with van der Waals surface area (Å²) < 4.78 is 0. The van der Waals surface area contributed by atoms with E-state index in [4.69, 9.17) is 11.6 Å². The highest BCUT2D eigenvalue weighted by atomic mass is 35.5. The molecule has 13 heavy (non-hydrogen) atoms. The Labute approximate surface area is 84.4 Å². The monoisotopic (exact) mass is 198 g/mol. The van der Waals surface area contributed by atoms with Gasteiger partial charge in [-0.15, -0.1) is 0 Å². The summed E-state index contributed by atoms with van der Waals surface area (Å²) in [6, 6.07) is 5.73. The van der Waals surface area contributed by atoms with Crippen LogP contribution in [0, 0.1) is 0 Å². The largest absolute Gasteiger partial charge is 0.386 e. The average molecular weight is 199 g/mol. The molecule has 0 aliphatic heterocycles. The van der Waals surface area contributed by atoms with Crippen molar-refractivity contribution in [1.29, 1.82) is 0 Å². The lowest BCUT2D eigenvalue weighted by Gasteiger charge is -2.18. The molecule has 2 heteroatoms. The number of halogens is 1. The molecule has 1 nitrogen and oxygen atoms in total. The SMILES string of the molecule is CCc1cc(Cl)cc(C(C)(C)O)c1. The highest BCUT2D eigenvalue weighted by molar-refractivity contribution is 6.30. The van der Waals surface area contributed by atoms with Crippen LogP contribution in [0.3, 0.4) is 0 Å². The van der Waals surface area contributed by atoms with E-state index in [1.807, 2.05) is 12.1 Å². The molecular weight excluding hydrogens is 184 g/mol. The van der Waals surface area contributed by atoms with Gasteiger partial charge in [0, 0.05) is 5.02 Å². The number of hydrogen-bond acceptors (Lipinski definition) is 1. The molecule has 0 aromatic heterocycles. The number of aliphatic hydroxyl groups is 1. The quantitative estimate of drug-likeness (QED) is 0.774. The third kappa shape index (κ3) is 2.71. The maximum atomic E-state index is 9.77. The molecule has 0 aliphatic carbocycles. The summed E-state index contributed by atoms with van der Waals surface area (Å²) in [5.74, 6) is 0. The van der Waals surface area contributed by atoms with Gasteiger partial charge in [-0.1, -0.05) is 24.6 Å². The first-order chi connectivity index (χ1) is 5.93. The van der Waals surface area contributed by atoms with Crippen molar-refractivity contribution in [2.75, 3.05) is 0 Å². The van der Waals surface area contributed by atoms with Gasteiger partial charge >= 0.3 is 0 Å². The highest BCUT2D eigenvalue weighted by Crippen LogP contribution is 2.24. The first kappa shape index (κ1) is 10.6. The Morgan fingerprint density at radius 3 is 2.38 bits per heavy atom. The summed E-state index contributed by atoms with van der Waals surface area (Å²) in [7, 11) is 0. The van der Waals surface area contributed by atoms with Gasteiger partial charge in [-0.05, 0) is 43.5 Å². The number of aryl methyl sites for hydroxylation is 1. The van der Waals surface area contributed by atoms with Crippen LogP contribution in [0.1, 0.15) is 31.9 Å². The van der Waals surface area contributed by atoms with Gasteiger partial charge in [0.05, 0.1) is 5.60 Å². The van der Waals surface area contributed by atoms with E-state index >= 15 is 0 Å². The third-order valence-corrected chi connectivity index (χ3v) is 2.29. The zero-order valence-electron chi connectivity index (χ0n) is 8.26. The van der Waals surface area contributed by atoms with Gasteiger partial charge < -0.3 is 5.11 Å². The van der Waals surface area contributed by atoms with Gasteiger partial charge in [-0.25, -0.2) is 0 Å². The second kappa shape index (κ2) is 3.69. The van der Waals surface area contributed by atoms with Crippen LogP contribution >= 0.6 is 11.6 Å². The van der Waals surface area contributed by atoms with E-state index < -0.39 is 5.60 Å². The Hall–Kier alpha value is -0.530. The fourth-order valence-corrected chi connectivity index (χ4v) is 1.47. The molecule has 0 unspecified atom stereocenters. The molecule has 0 saturated carbocycles. The smallest absolute Gasteiger partial charge is 0.0841 e. The molecule has 72 valence electrons. The summed E-state index contributed by atoms with van der Waals surface area (Å²) in [5, 5.41) is 10.5. The molecule has 0 fully saturated rings. The number of hydrogen-bond donors (Lipinski definition) is 1. The van der Waals surface area contributed by atoms with E-state index in [-0.39, 0.29) is 0 Å². The summed E-state index contributed by atoms with van der Waals surface area (Å²) >= 11 is 5.92. The van der Waals surface area contributed by atoms with Crippen molar-refractivity contribution in [3.8, 4) is 0 Å².